The molecular formula is C14H16F4N2O4. The van der Waals surface area contributed by atoms with Crippen LogP contribution in [0.2, 0.25) is 0 Å². The molecule has 0 fully saturated rings. The van der Waals surface area contributed by atoms with Gasteiger partial charge < -0.3 is 15.2 Å². The average molecular weight is 352 g/mol. The molecular weight excluding hydrogens is 336 g/mol. The molecule has 0 unspecified atom stereocenters. The molecule has 1 aromatic rings. The molecule has 2 N–H and O–H groups in total. The normalized spacial score (nSPS) is 12.1. The molecule has 134 valence electrons. The van der Waals surface area contributed by atoms with E-state index in [1.165, 1.54) is 19.9 Å². The van der Waals surface area contributed by atoms with Crippen molar-refractivity contribution in [2.75, 3.05) is 13.2 Å². The number of carboxylic acids is 1. The zero-order chi connectivity index (χ0) is 18.5. The monoisotopic (exact) mass is 352 g/mol. The summed E-state index contributed by atoms with van der Waals surface area (Å²) in [6, 6.07) is 2.25. The first-order valence-electron chi connectivity index (χ1n) is 6.72. The van der Waals surface area contributed by atoms with Gasteiger partial charge in [0.1, 0.15) is 0 Å². The van der Waals surface area contributed by atoms with Crippen LogP contribution in [0.25, 0.3) is 0 Å². The smallest absolute Gasteiger partial charge is 0.340 e. The van der Waals surface area contributed by atoms with Gasteiger partial charge in [0.15, 0.2) is 6.61 Å². The van der Waals surface area contributed by atoms with Gasteiger partial charge in [-0.05, 0) is 19.9 Å². The maximum absolute atomic E-state index is 12.7. The van der Waals surface area contributed by atoms with E-state index in [1.807, 2.05) is 0 Å². The molecule has 0 bridgehead atoms. The number of pyridine rings is 1. The zero-order valence-corrected chi connectivity index (χ0v) is 12.9. The van der Waals surface area contributed by atoms with E-state index in [1.54, 1.807) is 0 Å². The molecule has 1 rings (SSSR count). The van der Waals surface area contributed by atoms with Crippen LogP contribution >= 0.6 is 0 Å². The summed E-state index contributed by atoms with van der Waals surface area (Å²) < 4.78 is 53.8. The number of nitrogens with one attached hydrogen (secondary N) is 1. The first-order chi connectivity index (χ1) is 11.0. The summed E-state index contributed by atoms with van der Waals surface area (Å²) in [6.07, 6.45) is -2.86. The van der Waals surface area contributed by atoms with Crippen LogP contribution in [0, 0.1) is 5.41 Å². The third-order valence-corrected chi connectivity index (χ3v) is 3.00. The number of carbonyl (C=O) groups is 2. The summed E-state index contributed by atoms with van der Waals surface area (Å²) >= 11 is 0. The largest absolute Gasteiger partial charge is 0.481 e. The van der Waals surface area contributed by atoms with E-state index >= 15 is 0 Å². The highest BCUT2D eigenvalue weighted by atomic mass is 19.3. The van der Waals surface area contributed by atoms with E-state index in [0.717, 1.165) is 12.3 Å². The van der Waals surface area contributed by atoms with Crippen molar-refractivity contribution < 1.29 is 37.0 Å². The van der Waals surface area contributed by atoms with E-state index in [2.05, 4.69) is 15.0 Å². The van der Waals surface area contributed by atoms with Crippen LogP contribution in [-0.4, -0.2) is 47.5 Å². The minimum absolute atomic E-state index is 0.0316. The van der Waals surface area contributed by atoms with Gasteiger partial charge in [-0.25, -0.2) is 13.8 Å². The van der Waals surface area contributed by atoms with Crippen molar-refractivity contribution >= 4 is 11.9 Å². The van der Waals surface area contributed by atoms with Crippen molar-refractivity contribution in [2.45, 2.75) is 26.2 Å². The van der Waals surface area contributed by atoms with Crippen LogP contribution in [-0.2, 0) is 4.79 Å². The molecule has 0 aliphatic heterocycles. The van der Waals surface area contributed by atoms with Crippen molar-refractivity contribution in [1.29, 1.82) is 0 Å². The number of aromatic nitrogens is 1. The Balaban J connectivity index is 2.61. The van der Waals surface area contributed by atoms with Gasteiger partial charge in [-0.1, -0.05) is 0 Å². The Morgan fingerprint density at radius 3 is 2.42 bits per heavy atom. The number of amides is 1. The Hall–Kier alpha value is -2.39. The number of halogens is 4. The Labute approximate surface area is 134 Å². The lowest BCUT2D eigenvalue weighted by Crippen LogP contribution is -2.38. The van der Waals surface area contributed by atoms with Gasteiger partial charge in [0.05, 0.1) is 11.0 Å². The summed E-state index contributed by atoms with van der Waals surface area (Å²) in [5, 5.41) is 11.3. The van der Waals surface area contributed by atoms with E-state index in [-0.39, 0.29) is 18.0 Å². The lowest BCUT2D eigenvalue weighted by molar-refractivity contribution is -0.148. The van der Waals surface area contributed by atoms with Crippen LogP contribution in [0.4, 0.5) is 17.6 Å². The van der Waals surface area contributed by atoms with Gasteiger partial charge in [-0.3, -0.25) is 9.59 Å². The van der Waals surface area contributed by atoms with E-state index in [0.29, 0.717) is 0 Å². The Bertz CT molecular complexity index is 591. The number of aliphatic carboxylic acids is 1. The fourth-order valence-corrected chi connectivity index (χ4v) is 1.31. The van der Waals surface area contributed by atoms with Crippen molar-refractivity contribution in [3.63, 3.8) is 0 Å². The fraction of sp³-hybridized carbons (Fsp3) is 0.500. The Morgan fingerprint density at radius 2 is 1.96 bits per heavy atom. The molecule has 1 amide bonds. The van der Waals surface area contributed by atoms with E-state index < -0.39 is 36.2 Å². The van der Waals surface area contributed by atoms with Crippen molar-refractivity contribution in [3.05, 3.63) is 23.9 Å². The van der Waals surface area contributed by atoms with Gasteiger partial charge in [0.25, 0.3) is 5.91 Å². The molecule has 0 aliphatic rings. The molecule has 0 aliphatic carbocycles. The predicted octanol–water partition coefficient (Wildman–Crippen LogP) is 2.20. The molecule has 24 heavy (non-hydrogen) atoms. The lowest BCUT2D eigenvalue weighted by atomic mass is 9.94. The molecule has 0 saturated carbocycles. The number of carboxylic acid groups (broad SMARTS) is 1. The quantitative estimate of drug-likeness (QED) is 0.700. The van der Waals surface area contributed by atoms with E-state index in [9.17, 15) is 27.2 Å². The van der Waals surface area contributed by atoms with Crippen LogP contribution in [0.3, 0.4) is 0 Å². The second-order valence-electron chi connectivity index (χ2n) is 5.61. The van der Waals surface area contributed by atoms with Crippen molar-refractivity contribution in [2.24, 2.45) is 5.41 Å². The first kappa shape index (κ1) is 19.7. The molecule has 0 saturated heterocycles. The number of rotatable bonds is 8. The number of nitrogens with zero attached hydrogens (tertiary/aromatic N) is 1. The highest BCUT2D eigenvalue weighted by Gasteiger charge is 2.41. The lowest BCUT2D eigenvalue weighted by Gasteiger charge is -2.19. The van der Waals surface area contributed by atoms with Gasteiger partial charge in [-0.15, -0.1) is 0 Å². The summed E-state index contributed by atoms with van der Waals surface area (Å²) in [6.45, 7) is 1.16. The maximum Gasteiger partial charge on any atom is 0.340 e. The predicted molar refractivity (Wildman–Crippen MR) is 74.4 cm³/mol. The van der Waals surface area contributed by atoms with Gasteiger partial charge in [0, 0.05) is 18.8 Å². The second-order valence-corrected chi connectivity index (χ2v) is 5.61. The van der Waals surface area contributed by atoms with Crippen LogP contribution in [0.15, 0.2) is 18.3 Å². The van der Waals surface area contributed by atoms with E-state index in [4.69, 9.17) is 5.11 Å². The first-order valence-corrected chi connectivity index (χ1v) is 6.72. The molecule has 0 atom stereocenters. The third kappa shape index (κ3) is 5.36. The molecule has 0 aromatic carbocycles. The molecule has 0 spiro atoms. The second kappa shape index (κ2) is 7.45. The average Bonchev–Trinajstić information content (AvgIpc) is 2.51. The summed E-state index contributed by atoms with van der Waals surface area (Å²) in [4.78, 5) is 26.3. The van der Waals surface area contributed by atoms with Gasteiger partial charge >= 0.3 is 18.3 Å². The fourth-order valence-electron chi connectivity index (χ4n) is 1.31. The minimum atomic E-state index is -4.31. The Morgan fingerprint density at radius 1 is 1.33 bits per heavy atom. The number of ether oxygens (including phenoxy) is 1. The molecule has 1 heterocycles. The number of carbonyl (C=O) groups excluding carboxylic acids is 1. The van der Waals surface area contributed by atoms with Crippen LogP contribution < -0.4 is 10.1 Å². The third-order valence-electron chi connectivity index (χ3n) is 3.00. The van der Waals surface area contributed by atoms with Crippen LogP contribution in [0.5, 0.6) is 5.88 Å². The number of hydrogen-bond donors (Lipinski definition) is 2. The molecule has 0 radical (unpaired) electrons. The SMILES string of the molecule is CC(C)(CNC(=O)c1ccc(OCC(F)(F)C(F)F)nc1)C(=O)O. The number of hydrogen-bond acceptors (Lipinski definition) is 4. The highest BCUT2D eigenvalue weighted by molar-refractivity contribution is 5.94. The molecule has 6 nitrogen and oxygen atoms in total. The van der Waals surface area contributed by atoms with Crippen molar-refractivity contribution in [1.82, 2.24) is 10.3 Å². The standard InChI is InChI=1S/C14H16F4N2O4/c1-13(2,12(22)23)6-20-10(21)8-3-4-9(19-5-8)24-7-14(17,18)11(15)16/h3-5,11H,6-7H2,1-2H3,(H,20,21)(H,22,23). The summed E-state index contributed by atoms with van der Waals surface area (Å²) in [5.41, 5.74) is -1.14. The molecule has 10 heteroatoms. The van der Waals surface area contributed by atoms with Gasteiger partial charge in [-0.2, -0.15) is 8.78 Å². The highest BCUT2D eigenvalue weighted by Crippen LogP contribution is 2.23. The summed E-state index contributed by atoms with van der Waals surface area (Å²) in [7, 11) is 0. The Kier molecular flexibility index (Phi) is 6.10. The number of alkyl halides is 4. The summed E-state index contributed by atoms with van der Waals surface area (Å²) in [5.74, 6) is -6.37. The topological polar surface area (TPSA) is 88.5 Å². The van der Waals surface area contributed by atoms with Crippen molar-refractivity contribution in [3.8, 4) is 5.88 Å². The molecule has 1 aromatic heterocycles. The zero-order valence-electron chi connectivity index (χ0n) is 12.9. The van der Waals surface area contributed by atoms with Gasteiger partial charge in [0.2, 0.25) is 5.88 Å². The maximum atomic E-state index is 12.7. The van der Waals surface area contributed by atoms with Crippen LogP contribution in [0.1, 0.15) is 24.2 Å². The minimum Gasteiger partial charge on any atom is -0.481 e.